The molecule has 2 aliphatic heterocycles. The van der Waals surface area contributed by atoms with Gasteiger partial charge in [-0.05, 0) is 68.1 Å². The number of amidine groups is 1. The summed E-state index contributed by atoms with van der Waals surface area (Å²) in [4.78, 5) is 29.8. The molecule has 4 atom stereocenters. The fraction of sp³-hybridized carbons (Fsp3) is 0.500. The van der Waals surface area contributed by atoms with Crippen LogP contribution in [0, 0.1) is 11.3 Å². The van der Waals surface area contributed by atoms with Crippen molar-refractivity contribution in [3.63, 3.8) is 0 Å². The van der Waals surface area contributed by atoms with Gasteiger partial charge in [0.15, 0.2) is 0 Å². The minimum Gasteiger partial charge on any atom is -0.383 e. The third kappa shape index (κ3) is 7.52. The summed E-state index contributed by atoms with van der Waals surface area (Å²) in [6, 6.07) is 9.69. The van der Waals surface area contributed by atoms with Crippen molar-refractivity contribution in [2.75, 3.05) is 19.6 Å². The fourth-order valence-electron chi connectivity index (χ4n) is 4.91. The van der Waals surface area contributed by atoms with Gasteiger partial charge in [-0.15, -0.1) is 11.3 Å². The van der Waals surface area contributed by atoms with Crippen molar-refractivity contribution in [1.82, 2.24) is 15.5 Å². The largest absolute Gasteiger partial charge is 0.383 e. The van der Waals surface area contributed by atoms with E-state index in [0.717, 1.165) is 36.4 Å². The van der Waals surface area contributed by atoms with Crippen molar-refractivity contribution in [2.24, 2.45) is 17.4 Å². The number of hydrogen-bond acceptors (Lipinski definition) is 7. The first-order valence-corrected chi connectivity index (χ1v) is 13.8. The van der Waals surface area contributed by atoms with Gasteiger partial charge in [0.05, 0.1) is 30.2 Å². The molecular formula is C26H35ClN6O3S. The molecule has 0 saturated carbocycles. The zero-order valence-electron chi connectivity index (χ0n) is 20.8. The number of hydrogen-bond donors (Lipinski definition) is 5. The molecule has 2 amide bonds. The summed E-state index contributed by atoms with van der Waals surface area (Å²) in [6.45, 7) is 2.83. The zero-order valence-corrected chi connectivity index (χ0v) is 22.3. The molecule has 1 aromatic heterocycles. The van der Waals surface area contributed by atoms with E-state index in [1.807, 2.05) is 30.3 Å². The van der Waals surface area contributed by atoms with Crippen molar-refractivity contribution in [2.45, 2.75) is 57.0 Å². The lowest BCUT2D eigenvalue weighted by Gasteiger charge is -2.29. The van der Waals surface area contributed by atoms with E-state index in [1.165, 1.54) is 11.3 Å². The van der Waals surface area contributed by atoms with E-state index in [2.05, 4.69) is 10.6 Å². The Morgan fingerprint density at radius 2 is 2.05 bits per heavy atom. The molecule has 2 aromatic rings. The van der Waals surface area contributed by atoms with Gasteiger partial charge in [-0.3, -0.25) is 15.0 Å². The molecule has 1 unspecified atom stereocenters. The Labute approximate surface area is 226 Å². The van der Waals surface area contributed by atoms with E-state index in [9.17, 15) is 9.59 Å². The second kappa shape index (κ2) is 12.8. The molecular weight excluding hydrogens is 512 g/mol. The summed E-state index contributed by atoms with van der Waals surface area (Å²) in [5, 5.41) is 14.5. The van der Waals surface area contributed by atoms with Crippen molar-refractivity contribution >= 4 is 40.6 Å². The monoisotopic (exact) mass is 546 g/mol. The topological polar surface area (TPSA) is 147 Å². The molecule has 0 radical (unpaired) electrons. The first kappa shape index (κ1) is 27.5. The van der Waals surface area contributed by atoms with Crippen LogP contribution in [0.25, 0.3) is 0 Å². The number of likely N-dealkylation sites (tertiary alicyclic amines) is 1. The van der Waals surface area contributed by atoms with Crippen LogP contribution >= 0.6 is 22.9 Å². The number of nitrogen functional groups attached to an aromatic ring is 1. The highest BCUT2D eigenvalue weighted by atomic mass is 35.5. The quantitative estimate of drug-likeness (QED) is 0.228. The van der Waals surface area contributed by atoms with Crippen LogP contribution in [0.5, 0.6) is 0 Å². The highest BCUT2D eigenvalue weighted by molar-refractivity contribution is 7.14. The van der Waals surface area contributed by atoms with Gasteiger partial charge in [0.25, 0.3) is 0 Å². The lowest BCUT2D eigenvalue weighted by molar-refractivity contribution is -0.140. The molecule has 37 heavy (non-hydrogen) atoms. The average molecular weight is 547 g/mol. The molecule has 7 N–H and O–H groups in total. The van der Waals surface area contributed by atoms with Crippen LogP contribution < -0.4 is 22.1 Å². The number of rotatable bonds is 10. The Kier molecular flexibility index (Phi) is 9.55. The number of carbonyl (C=O) groups excluding carboxylic acids is 2. The van der Waals surface area contributed by atoms with Crippen LogP contribution in [-0.2, 0) is 27.5 Å². The first-order valence-electron chi connectivity index (χ1n) is 12.6. The standard InChI is InChI=1S/C26H35ClN6O3S/c27-18-5-3-16(4-6-18)15-36-19-11-22(25(34)32-13-20-7-8-23(37-20)24(29)30)33(14-19)26(35)21(28)10-17-2-1-9-31-12-17/h3-8,17,19,21-22,31H,1-2,9-15,28H2,(H3,29,30)(H,32,34)/t17?,19-,21-,22+/m1/s1. The van der Waals surface area contributed by atoms with Crippen molar-refractivity contribution in [3.05, 3.63) is 56.7 Å². The number of thiophene rings is 1. The number of nitrogens with one attached hydrogen (secondary N) is 3. The van der Waals surface area contributed by atoms with Gasteiger partial charge in [0, 0.05) is 22.9 Å². The highest BCUT2D eigenvalue weighted by Crippen LogP contribution is 2.25. The van der Waals surface area contributed by atoms with Gasteiger partial charge in [0.1, 0.15) is 11.9 Å². The predicted octanol–water partition coefficient (Wildman–Crippen LogP) is 2.21. The van der Waals surface area contributed by atoms with Gasteiger partial charge < -0.3 is 31.7 Å². The molecule has 9 nitrogen and oxygen atoms in total. The second-order valence-electron chi connectivity index (χ2n) is 9.75. The van der Waals surface area contributed by atoms with E-state index in [-0.39, 0.29) is 23.8 Å². The number of nitrogens with zero attached hydrogens (tertiary/aromatic N) is 1. The predicted molar refractivity (Wildman–Crippen MR) is 146 cm³/mol. The van der Waals surface area contributed by atoms with Crippen LogP contribution in [-0.4, -0.2) is 60.4 Å². The Balaban J connectivity index is 1.40. The zero-order chi connectivity index (χ0) is 26.4. The Hall–Kier alpha value is -2.50. The summed E-state index contributed by atoms with van der Waals surface area (Å²) in [5.74, 6) is -0.0969. The maximum Gasteiger partial charge on any atom is 0.243 e. The smallest absolute Gasteiger partial charge is 0.243 e. The molecule has 0 aliphatic carbocycles. The molecule has 3 heterocycles. The number of carbonyl (C=O) groups is 2. The molecule has 200 valence electrons. The number of nitrogens with two attached hydrogens (primary N) is 2. The number of ether oxygens (including phenoxy) is 1. The number of halogens is 1. The Morgan fingerprint density at radius 1 is 1.27 bits per heavy atom. The van der Waals surface area contributed by atoms with Gasteiger partial charge >= 0.3 is 0 Å². The van der Waals surface area contributed by atoms with Gasteiger partial charge in [0.2, 0.25) is 11.8 Å². The molecule has 2 fully saturated rings. The maximum absolute atomic E-state index is 13.4. The third-order valence-electron chi connectivity index (χ3n) is 6.91. The molecule has 2 saturated heterocycles. The van der Waals surface area contributed by atoms with E-state index < -0.39 is 12.1 Å². The first-order chi connectivity index (χ1) is 17.8. The minimum atomic E-state index is -0.662. The van der Waals surface area contributed by atoms with Crippen LogP contribution in [0.2, 0.25) is 5.02 Å². The Morgan fingerprint density at radius 3 is 2.73 bits per heavy atom. The third-order valence-corrected chi connectivity index (χ3v) is 8.29. The second-order valence-corrected chi connectivity index (χ2v) is 11.4. The van der Waals surface area contributed by atoms with Crippen molar-refractivity contribution in [1.29, 1.82) is 5.41 Å². The lowest BCUT2D eigenvalue weighted by atomic mass is 9.92. The van der Waals surface area contributed by atoms with Crippen LogP contribution in [0.4, 0.5) is 0 Å². The summed E-state index contributed by atoms with van der Waals surface area (Å²) in [7, 11) is 0. The minimum absolute atomic E-state index is 0.00188. The van der Waals surface area contributed by atoms with Crippen LogP contribution in [0.3, 0.4) is 0 Å². The van der Waals surface area contributed by atoms with E-state index >= 15 is 0 Å². The average Bonchev–Trinajstić information content (AvgIpc) is 3.55. The molecule has 4 rings (SSSR count). The number of amides is 2. The van der Waals surface area contributed by atoms with E-state index in [4.69, 9.17) is 33.2 Å². The lowest BCUT2D eigenvalue weighted by Crippen LogP contribution is -2.52. The van der Waals surface area contributed by atoms with Crippen molar-refractivity contribution in [3.8, 4) is 0 Å². The van der Waals surface area contributed by atoms with Crippen molar-refractivity contribution < 1.29 is 14.3 Å². The normalized spacial score (nSPS) is 22.5. The SMILES string of the molecule is N=C(N)c1ccc(CNC(=O)[C@@H]2C[C@@H](OCc3ccc(Cl)cc3)CN2C(=O)[C@H](N)CC2CCCNC2)s1. The molecule has 0 bridgehead atoms. The summed E-state index contributed by atoms with van der Waals surface area (Å²) >= 11 is 7.34. The van der Waals surface area contributed by atoms with E-state index in [0.29, 0.717) is 48.4 Å². The highest BCUT2D eigenvalue weighted by Gasteiger charge is 2.41. The maximum atomic E-state index is 13.4. The van der Waals surface area contributed by atoms with Gasteiger partial charge in [-0.25, -0.2) is 0 Å². The molecule has 0 spiro atoms. The molecule has 2 aliphatic rings. The number of piperidine rings is 1. The summed E-state index contributed by atoms with van der Waals surface area (Å²) in [6.07, 6.45) is 2.83. The molecule has 11 heteroatoms. The van der Waals surface area contributed by atoms with Crippen LogP contribution in [0.15, 0.2) is 36.4 Å². The van der Waals surface area contributed by atoms with Gasteiger partial charge in [-0.1, -0.05) is 23.7 Å². The van der Waals surface area contributed by atoms with Crippen LogP contribution in [0.1, 0.15) is 41.0 Å². The Bertz CT molecular complexity index is 1090. The van der Waals surface area contributed by atoms with E-state index in [1.54, 1.807) is 11.0 Å². The number of benzene rings is 1. The molecule has 1 aromatic carbocycles. The van der Waals surface area contributed by atoms with Gasteiger partial charge in [-0.2, -0.15) is 0 Å². The summed E-state index contributed by atoms with van der Waals surface area (Å²) < 4.78 is 6.11. The summed E-state index contributed by atoms with van der Waals surface area (Å²) in [5.41, 5.74) is 12.9. The fourth-order valence-corrected chi connectivity index (χ4v) is 5.85.